The Kier molecular flexibility index (Phi) is 5.88. The Bertz CT molecular complexity index is 917. The maximum Gasteiger partial charge on any atom is 0.243 e. The van der Waals surface area contributed by atoms with Gasteiger partial charge in [0.05, 0.1) is 10.6 Å². The number of piperazine rings is 1. The SMILES string of the molecule is Cc1cc(C)n(CCC(=O)N2CCN(S(=O)(=O)c3ccc(Cl)cc3)CC2)n1. The molecular weight excluding hydrogens is 388 g/mol. The fourth-order valence-electron chi connectivity index (χ4n) is 3.19. The number of hydrogen-bond acceptors (Lipinski definition) is 4. The first-order chi connectivity index (χ1) is 12.8. The first-order valence-corrected chi connectivity index (χ1v) is 10.6. The molecule has 1 aromatic heterocycles. The first-order valence-electron chi connectivity index (χ1n) is 8.82. The van der Waals surface area contributed by atoms with Gasteiger partial charge in [0.15, 0.2) is 0 Å². The number of carbonyl (C=O) groups excluding carboxylic acids is 1. The fourth-order valence-corrected chi connectivity index (χ4v) is 4.74. The Morgan fingerprint density at radius 3 is 2.30 bits per heavy atom. The number of aryl methyl sites for hydroxylation is 3. The monoisotopic (exact) mass is 410 g/mol. The molecule has 0 bridgehead atoms. The Morgan fingerprint density at radius 1 is 1.11 bits per heavy atom. The molecule has 3 rings (SSSR count). The minimum Gasteiger partial charge on any atom is -0.340 e. The molecule has 1 amide bonds. The van der Waals surface area contributed by atoms with E-state index in [0.29, 0.717) is 31.1 Å². The standard InChI is InChI=1S/C18H23ClN4O3S/c1-14-13-15(2)23(20-14)8-7-18(24)21-9-11-22(12-10-21)27(25,26)17-5-3-16(19)4-6-17/h3-6,13H,7-12H2,1-2H3. The second-order valence-corrected chi connectivity index (χ2v) is 9.01. The number of nitrogens with zero attached hydrogens (tertiary/aromatic N) is 4. The van der Waals surface area contributed by atoms with Gasteiger partial charge in [0, 0.05) is 49.9 Å². The first kappa shape index (κ1) is 19.9. The highest BCUT2D eigenvalue weighted by Gasteiger charge is 2.29. The van der Waals surface area contributed by atoms with E-state index in [9.17, 15) is 13.2 Å². The number of amides is 1. The number of aromatic nitrogens is 2. The van der Waals surface area contributed by atoms with Crippen molar-refractivity contribution in [3.05, 3.63) is 46.7 Å². The zero-order valence-electron chi connectivity index (χ0n) is 15.4. The molecule has 0 spiro atoms. The summed E-state index contributed by atoms with van der Waals surface area (Å²) in [6.45, 7) is 5.77. The average molecular weight is 411 g/mol. The lowest BCUT2D eigenvalue weighted by atomic mass is 10.3. The van der Waals surface area contributed by atoms with Crippen LogP contribution in [0, 0.1) is 13.8 Å². The van der Waals surface area contributed by atoms with E-state index in [1.807, 2.05) is 24.6 Å². The van der Waals surface area contributed by atoms with Crippen LogP contribution >= 0.6 is 11.6 Å². The van der Waals surface area contributed by atoms with Gasteiger partial charge in [-0.05, 0) is 44.2 Å². The molecule has 0 saturated carbocycles. The predicted molar refractivity (Wildman–Crippen MR) is 103 cm³/mol. The average Bonchev–Trinajstić information content (AvgIpc) is 2.97. The molecule has 0 unspecified atom stereocenters. The molecule has 2 heterocycles. The van der Waals surface area contributed by atoms with Crippen LogP contribution in [0.1, 0.15) is 17.8 Å². The van der Waals surface area contributed by atoms with Gasteiger partial charge in [-0.25, -0.2) is 8.42 Å². The summed E-state index contributed by atoms with van der Waals surface area (Å²) in [5, 5.41) is 4.85. The van der Waals surface area contributed by atoms with Crippen LogP contribution in [0.3, 0.4) is 0 Å². The molecule has 7 nitrogen and oxygen atoms in total. The van der Waals surface area contributed by atoms with E-state index < -0.39 is 10.0 Å². The molecule has 0 N–H and O–H groups in total. The van der Waals surface area contributed by atoms with Gasteiger partial charge < -0.3 is 4.90 Å². The lowest BCUT2D eigenvalue weighted by Crippen LogP contribution is -2.50. The van der Waals surface area contributed by atoms with Gasteiger partial charge in [0.1, 0.15) is 0 Å². The van der Waals surface area contributed by atoms with Gasteiger partial charge in [-0.1, -0.05) is 11.6 Å². The maximum absolute atomic E-state index is 12.7. The molecular formula is C18H23ClN4O3S. The molecule has 9 heteroatoms. The molecule has 27 heavy (non-hydrogen) atoms. The van der Waals surface area contributed by atoms with Crippen molar-refractivity contribution < 1.29 is 13.2 Å². The zero-order chi connectivity index (χ0) is 19.6. The fraction of sp³-hybridized carbons (Fsp3) is 0.444. The van der Waals surface area contributed by atoms with Gasteiger partial charge in [0.2, 0.25) is 15.9 Å². The third-order valence-corrected chi connectivity index (χ3v) is 6.85. The van der Waals surface area contributed by atoms with Gasteiger partial charge >= 0.3 is 0 Å². The summed E-state index contributed by atoms with van der Waals surface area (Å²) in [7, 11) is -3.56. The second kappa shape index (κ2) is 8.00. The van der Waals surface area contributed by atoms with E-state index in [2.05, 4.69) is 5.10 Å². The van der Waals surface area contributed by atoms with Gasteiger partial charge in [0.25, 0.3) is 0 Å². The molecule has 1 aromatic carbocycles. The molecule has 2 aromatic rings. The maximum atomic E-state index is 12.7. The van der Waals surface area contributed by atoms with Crippen molar-refractivity contribution >= 4 is 27.5 Å². The molecule has 0 atom stereocenters. The molecule has 0 aliphatic carbocycles. The third kappa shape index (κ3) is 4.51. The summed E-state index contributed by atoms with van der Waals surface area (Å²) in [6.07, 6.45) is 0.353. The van der Waals surface area contributed by atoms with Crippen LogP contribution in [0.2, 0.25) is 5.02 Å². The number of halogens is 1. The number of carbonyl (C=O) groups is 1. The lowest BCUT2D eigenvalue weighted by molar-refractivity contribution is -0.132. The normalized spacial score (nSPS) is 15.9. The molecule has 146 valence electrons. The van der Waals surface area contributed by atoms with E-state index in [1.165, 1.54) is 16.4 Å². The highest BCUT2D eigenvalue weighted by atomic mass is 35.5. The Labute approximate surface area is 164 Å². The highest BCUT2D eigenvalue weighted by molar-refractivity contribution is 7.89. The van der Waals surface area contributed by atoms with Crippen LogP contribution in [0.15, 0.2) is 35.2 Å². The summed E-state index contributed by atoms with van der Waals surface area (Å²) >= 11 is 5.83. The Hall–Kier alpha value is -1.90. The van der Waals surface area contributed by atoms with Crippen molar-refractivity contribution in [1.29, 1.82) is 0 Å². The predicted octanol–water partition coefficient (Wildman–Crippen LogP) is 2.08. The molecule has 1 aliphatic heterocycles. The van der Waals surface area contributed by atoms with E-state index in [1.54, 1.807) is 17.0 Å². The van der Waals surface area contributed by atoms with Crippen LogP contribution in [-0.2, 0) is 21.4 Å². The van der Waals surface area contributed by atoms with Gasteiger partial charge in [-0.2, -0.15) is 9.40 Å². The van der Waals surface area contributed by atoms with Crippen LogP contribution in [0.4, 0.5) is 0 Å². The minimum absolute atomic E-state index is 0.0195. The van der Waals surface area contributed by atoms with Crippen molar-refractivity contribution in [3.63, 3.8) is 0 Å². The van der Waals surface area contributed by atoms with Gasteiger partial charge in [-0.3, -0.25) is 9.48 Å². The summed E-state index contributed by atoms with van der Waals surface area (Å²) in [6, 6.07) is 8.11. The van der Waals surface area contributed by atoms with Crippen molar-refractivity contribution in [3.8, 4) is 0 Å². The van der Waals surface area contributed by atoms with Crippen molar-refractivity contribution in [2.45, 2.75) is 31.7 Å². The molecule has 0 radical (unpaired) electrons. The van der Waals surface area contributed by atoms with Crippen LogP contribution in [-0.4, -0.2) is 59.5 Å². The minimum atomic E-state index is -3.56. The largest absolute Gasteiger partial charge is 0.340 e. The van der Waals surface area contributed by atoms with Gasteiger partial charge in [-0.15, -0.1) is 0 Å². The van der Waals surface area contributed by atoms with Crippen molar-refractivity contribution in [2.75, 3.05) is 26.2 Å². The van der Waals surface area contributed by atoms with Crippen molar-refractivity contribution in [1.82, 2.24) is 19.0 Å². The van der Waals surface area contributed by atoms with E-state index in [-0.39, 0.29) is 23.9 Å². The number of benzene rings is 1. The van der Waals surface area contributed by atoms with E-state index >= 15 is 0 Å². The van der Waals surface area contributed by atoms with E-state index in [0.717, 1.165) is 11.4 Å². The van der Waals surface area contributed by atoms with Crippen LogP contribution in [0.25, 0.3) is 0 Å². The smallest absolute Gasteiger partial charge is 0.243 e. The highest BCUT2D eigenvalue weighted by Crippen LogP contribution is 2.20. The summed E-state index contributed by atoms with van der Waals surface area (Å²) in [5.74, 6) is 0.0195. The van der Waals surface area contributed by atoms with Crippen LogP contribution < -0.4 is 0 Å². The zero-order valence-corrected chi connectivity index (χ0v) is 17.0. The summed E-state index contributed by atoms with van der Waals surface area (Å²) in [5.41, 5.74) is 1.96. The van der Waals surface area contributed by atoms with Crippen molar-refractivity contribution in [2.24, 2.45) is 0 Å². The lowest BCUT2D eigenvalue weighted by Gasteiger charge is -2.34. The third-order valence-electron chi connectivity index (χ3n) is 4.68. The number of sulfonamides is 1. The number of hydrogen-bond donors (Lipinski definition) is 0. The Balaban J connectivity index is 1.55. The topological polar surface area (TPSA) is 75.5 Å². The summed E-state index contributed by atoms with van der Waals surface area (Å²) < 4.78 is 28.6. The molecule has 1 saturated heterocycles. The number of rotatable bonds is 5. The second-order valence-electron chi connectivity index (χ2n) is 6.64. The molecule has 1 aliphatic rings. The van der Waals surface area contributed by atoms with E-state index in [4.69, 9.17) is 11.6 Å². The summed E-state index contributed by atoms with van der Waals surface area (Å²) in [4.78, 5) is 14.4. The van der Waals surface area contributed by atoms with Crippen LogP contribution in [0.5, 0.6) is 0 Å². The quantitative estimate of drug-likeness (QED) is 0.756. The molecule has 1 fully saturated rings. The Morgan fingerprint density at radius 2 is 1.74 bits per heavy atom.